The molecule has 0 aromatic heterocycles. The van der Waals surface area contributed by atoms with Gasteiger partial charge in [0.25, 0.3) is 6.43 Å². The molecule has 0 spiro atoms. The minimum absolute atomic E-state index is 0. The number of allylic oxidation sites excluding steroid dienone is 1. The van der Waals surface area contributed by atoms with Gasteiger partial charge in [-0.25, -0.2) is 14.9 Å². The van der Waals surface area contributed by atoms with Crippen LogP contribution in [0.5, 0.6) is 5.75 Å². The number of hydrogen-bond donors (Lipinski definition) is 0. The molecule has 1 atom stereocenters. The third kappa shape index (κ3) is 6.22. The predicted molar refractivity (Wildman–Crippen MR) is 95.3 cm³/mol. The van der Waals surface area contributed by atoms with Gasteiger partial charge < -0.3 is 14.4 Å². The fraction of sp³-hybridized carbons (Fsp3) is 0.471. The Balaban J connectivity index is 0.00000312. The first-order valence-corrected chi connectivity index (χ1v) is 8.75. The fourth-order valence-electron chi connectivity index (χ4n) is 2.44. The summed E-state index contributed by atoms with van der Waals surface area (Å²) in [6, 6.07) is 5.35. The van der Waals surface area contributed by atoms with Crippen LogP contribution in [0, 0.1) is 13.0 Å². The van der Waals surface area contributed by atoms with E-state index >= 15 is 0 Å². The van der Waals surface area contributed by atoms with Gasteiger partial charge >= 0.3 is 0 Å². The molecule has 1 aromatic carbocycles. The average molecular weight is 539 g/mol. The third-order valence-corrected chi connectivity index (χ3v) is 4.56. The van der Waals surface area contributed by atoms with Crippen LogP contribution < -0.4 is 4.74 Å². The Morgan fingerprint density at radius 2 is 2.12 bits per heavy atom. The molecule has 0 fully saturated rings. The summed E-state index contributed by atoms with van der Waals surface area (Å²) in [7, 11) is 1.60. The molecule has 1 aliphatic rings. The zero-order valence-electron chi connectivity index (χ0n) is 14.1. The number of ether oxygens (including phenoxy) is 2. The van der Waals surface area contributed by atoms with Crippen molar-refractivity contribution in [3.63, 3.8) is 0 Å². The first-order valence-electron chi connectivity index (χ1n) is 7.51. The number of methoxy groups -OCH3 is 1. The smallest absolute Gasteiger partial charge is 0.256 e. The van der Waals surface area contributed by atoms with E-state index in [-0.39, 0.29) is 42.5 Å². The van der Waals surface area contributed by atoms with Crippen LogP contribution in [0.2, 0.25) is 0 Å². The molecule has 0 N–H and O–H groups in total. The number of nitrogens with zero attached hydrogens (tertiary/aromatic N) is 1. The number of carbonyl (C=O) groups excluding carboxylic acids is 1. The van der Waals surface area contributed by atoms with E-state index in [0.29, 0.717) is 36.6 Å². The van der Waals surface area contributed by atoms with Gasteiger partial charge in [0, 0.05) is 39.8 Å². The van der Waals surface area contributed by atoms with E-state index in [1.165, 1.54) is 0 Å². The Morgan fingerprint density at radius 1 is 1.40 bits per heavy atom. The van der Waals surface area contributed by atoms with E-state index in [2.05, 4.69) is 6.08 Å². The number of carbonyl (C=O) groups is 1. The van der Waals surface area contributed by atoms with Crippen molar-refractivity contribution in [1.82, 2.24) is 4.90 Å². The first kappa shape index (κ1) is 22.9. The second kappa shape index (κ2) is 10.9. The van der Waals surface area contributed by atoms with Crippen LogP contribution in [-0.2, 0) is 42.2 Å². The number of aryl methyl sites for hydroxylation is 1. The molecule has 0 saturated heterocycles. The zero-order chi connectivity index (χ0) is 17.7. The summed E-state index contributed by atoms with van der Waals surface area (Å²) in [6.07, 6.45) is 0.927. The van der Waals surface area contributed by atoms with Crippen molar-refractivity contribution in [2.75, 3.05) is 26.9 Å². The molecule has 135 valence electrons. The fourth-order valence-corrected chi connectivity index (χ4v) is 3.00. The molecular weight excluding hydrogens is 520 g/mol. The summed E-state index contributed by atoms with van der Waals surface area (Å²) in [4.78, 5) is 13.4. The zero-order valence-corrected chi connectivity index (χ0v) is 19.1. The van der Waals surface area contributed by atoms with E-state index in [1.54, 1.807) is 19.2 Å². The van der Waals surface area contributed by atoms with Gasteiger partial charge in [0.05, 0.1) is 17.1 Å². The number of alkyl halides is 3. The molecule has 8 heteroatoms. The predicted octanol–water partition coefficient (Wildman–Crippen LogP) is 3.46. The van der Waals surface area contributed by atoms with Gasteiger partial charge in [-0.05, 0) is 12.1 Å². The van der Waals surface area contributed by atoms with E-state index in [9.17, 15) is 13.6 Å². The van der Waals surface area contributed by atoms with Gasteiger partial charge in [0.1, 0.15) is 12.4 Å². The summed E-state index contributed by atoms with van der Waals surface area (Å²) < 4.78 is 35.9. The first-order chi connectivity index (χ1) is 11.4. The van der Waals surface area contributed by atoms with Crippen LogP contribution in [-0.4, -0.2) is 48.0 Å². The Hall–Kier alpha value is -0.116. The Bertz CT molecular complexity index is 628. The summed E-state index contributed by atoms with van der Waals surface area (Å²) in [6.45, 7) is 2.14. The van der Waals surface area contributed by atoms with Crippen LogP contribution >= 0.6 is 22.6 Å². The largest absolute Gasteiger partial charge is 0.491 e. The van der Waals surface area contributed by atoms with Gasteiger partial charge in [-0.3, -0.25) is 4.79 Å². The van der Waals surface area contributed by atoms with E-state index < -0.39 is 13.0 Å². The molecule has 0 saturated carbocycles. The molecule has 0 aliphatic carbocycles. The minimum Gasteiger partial charge on any atom is -0.491 e. The number of amides is 1. The monoisotopic (exact) mass is 539 g/mol. The van der Waals surface area contributed by atoms with Crippen molar-refractivity contribution in [2.45, 2.75) is 23.7 Å². The van der Waals surface area contributed by atoms with E-state index in [0.717, 1.165) is 10.5 Å². The second-order valence-electron chi connectivity index (χ2n) is 5.35. The van der Waals surface area contributed by atoms with Crippen molar-refractivity contribution >= 4 is 34.2 Å². The van der Waals surface area contributed by atoms with Crippen molar-refractivity contribution in [3.05, 3.63) is 35.4 Å². The maximum absolute atomic E-state index is 12.9. The molecular formula is C17H19F2INO3Y-. The average Bonchev–Trinajstić information content (AvgIpc) is 2.53. The topological polar surface area (TPSA) is 38.8 Å². The van der Waals surface area contributed by atoms with Crippen LogP contribution in [0.4, 0.5) is 8.78 Å². The Morgan fingerprint density at radius 3 is 2.72 bits per heavy atom. The van der Waals surface area contributed by atoms with Crippen LogP contribution in [0.3, 0.4) is 0 Å². The number of benzene rings is 1. The minimum atomic E-state index is -2.59. The molecule has 25 heavy (non-hydrogen) atoms. The van der Waals surface area contributed by atoms with Gasteiger partial charge in [-0.1, -0.05) is 35.9 Å². The summed E-state index contributed by atoms with van der Waals surface area (Å²) in [5.74, 6) is 0.368. The van der Waals surface area contributed by atoms with Gasteiger partial charge in [-0.2, -0.15) is 0 Å². The number of rotatable bonds is 7. The molecule has 1 unspecified atom stereocenters. The van der Waals surface area contributed by atoms with Gasteiger partial charge in [0.15, 0.2) is 0 Å². The van der Waals surface area contributed by atoms with Crippen molar-refractivity contribution in [2.24, 2.45) is 0 Å². The standard InChI is InChI=1S/C17H19F2INO3.Y/c1-11-9-12(24-8-7-23-2)3-4-13(11)15-6-5-14(20)17(22)21(15)10-16(18)19;/h3-4,9,14,16H,5,7-8,10H2,1-2H3;/q-1;. The second-order valence-corrected chi connectivity index (χ2v) is 6.86. The van der Waals surface area contributed by atoms with Crippen molar-refractivity contribution in [1.29, 1.82) is 0 Å². The normalized spacial score (nSPS) is 17.4. The number of hydrogen-bond acceptors (Lipinski definition) is 3. The van der Waals surface area contributed by atoms with Gasteiger partial charge in [0.2, 0.25) is 5.91 Å². The maximum Gasteiger partial charge on any atom is 0.256 e. The summed E-state index contributed by atoms with van der Waals surface area (Å²) in [5, 5.41) is 0. The van der Waals surface area contributed by atoms with E-state index in [1.807, 2.05) is 35.6 Å². The van der Waals surface area contributed by atoms with Crippen LogP contribution in [0.1, 0.15) is 17.5 Å². The Kier molecular flexibility index (Phi) is 9.99. The van der Waals surface area contributed by atoms with Gasteiger partial charge in [-0.15, -0.1) is 22.9 Å². The van der Waals surface area contributed by atoms with Crippen molar-refractivity contribution in [3.8, 4) is 5.75 Å². The number of halogens is 3. The quantitative estimate of drug-likeness (QED) is 0.231. The molecule has 1 heterocycles. The molecule has 0 bridgehead atoms. The van der Waals surface area contributed by atoms with Crippen LogP contribution in [0.25, 0.3) is 5.70 Å². The molecule has 1 aliphatic heterocycles. The maximum atomic E-state index is 12.9. The summed E-state index contributed by atoms with van der Waals surface area (Å²) in [5.41, 5.74) is 1.98. The SMILES string of the molecule is COCCOc1ccc(C2=[C-]CC(I)C(=O)N2CC(F)F)c(C)c1.[Y]. The van der Waals surface area contributed by atoms with Crippen LogP contribution in [0.15, 0.2) is 18.2 Å². The van der Waals surface area contributed by atoms with Crippen molar-refractivity contribution < 1.29 is 55.8 Å². The summed E-state index contributed by atoms with van der Waals surface area (Å²) >= 11 is 1.96. The molecule has 1 amide bonds. The molecule has 4 nitrogen and oxygen atoms in total. The van der Waals surface area contributed by atoms with E-state index in [4.69, 9.17) is 9.47 Å². The molecule has 2 rings (SSSR count). The molecule has 1 aromatic rings. The Labute approximate surface area is 185 Å². The molecule has 1 radical (unpaired) electrons. The third-order valence-electron chi connectivity index (χ3n) is 3.58.